The van der Waals surface area contributed by atoms with Crippen LogP contribution in [-0.4, -0.2) is 7.85 Å². The molecule has 5 aromatic carbocycles. The summed E-state index contributed by atoms with van der Waals surface area (Å²) in [6.07, 6.45) is 0. The highest BCUT2D eigenvalue weighted by Gasteiger charge is 2.19. The monoisotopic (exact) mass is 421 g/mol. The molecule has 154 valence electrons. The highest BCUT2D eigenvalue weighted by Crippen LogP contribution is 2.43. The molecule has 0 aliphatic carbocycles. The van der Waals surface area contributed by atoms with Crippen LogP contribution in [0, 0.1) is 0 Å². The van der Waals surface area contributed by atoms with Crippen molar-refractivity contribution >= 4 is 52.3 Å². The van der Waals surface area contributed by atoms with Gasteiger partial charge in [0.25, 0.3) is 0 Å². The van der Waals surface area contributed by atoms with Crippen molar-refractivity contribution in [3.63, 3.8) is 0 Å². The largest absolute Gasteiger partial charge is 0.456 e. The fourth-order valence-corrected chi connectivity index (χ4v) is 4.49. The molecule has 0 saturated heterocycles. The number of benzene rings is 5. The Morgan fingerprint density at radius 2 is 1.21 bits per heavy atom. The SMILES string of the molecule is [B]c1cccc(N(c2cccc(-c3ccccc3)c2)c2cccc3oc4ccccc4c23)c1. The summed E-state index contributed by atoms with van der Waals surface area (Å²) < 4.78 is 6.18. The predicted octanol–water partition coefficient (Wildman–Crippen LogP) is 7.52. The molecule has 1 heterocycles. The van der Waals surface area contributed by atoms with Gasteiger partial charge in [-0.15, -0.1) is 0 Å². The molecule has 0 aliphatic rings. The third-order valence-corrected chi connectivity index (χ3v) is 5.96. The molecule has 0 N–H and O–H groups in total. The summed E-state index contributed by atoms with van der Waals surface area (Å²) >= 11 is 0. The van der Waals surface area contributed by atoms with E-state index in [1.54, 1.807) is 0 Å². The van der Waals surface area contributed by atoms with Gasteiger partial charge < -0.3 is 9.32 Å². The zero-order chi connectivity index (χ0) is 22.2. The number of nitrogens with zero attached hydrogens (tertiary/aromatic N) is 1. The number of para-hydroxylation sites is 1. The van der Waals surface area contributed by atoms with E-state index < -0.39 is 0 Å². The van der Waals surface area contributed by atoms with Crippen molar-refractivity contribution in [2.75, 3.05) is 4.90 Å². The molecule has 0 saturated carbocycles. The summed E-state index contributed by atoms with van der Waals surface area (Å²) in [5, 5.41) is 2.18. The zero-order valence-electron chi connectivity index (χ0n) is 18.0. The number of rotatable bonds is 4. The number of hydrogen-bond acceptors (Lipinski definition) is 2. The summed E-state index contributed by atoms with van der Waals surface area (Å²) in [6.45, 7) is 0. The van der Waals surface area contributed by atoms with Crippen LogP contribution in [0.25, 0.3) is 33.1 Å². The van der Waals surface area contributed by atoms with Gasteiger partial charge in [-0.25, -0.2) is 0 Å². The van der Waals surface area contributed by atoms with E-state index in [-0.39, 0.29) is 0 Å². The topological polar surface area (TPSA) is 16.4 Å². The lowest BCUT2D eigenvalue weighted by atomic mass is 9.95. The van der Waals surface area contributed by atoms with Crippen LogP contribution in [0.1, 0.15) is 0 Å². The first-order valence-corrected chi connectivity index (χ1v) is 11.0. The Morgan fingerprint density at radius 1 is 0.545 bits per heavy atom. The molecule has 2 radical (unpaired) electrons. The smallest absolute Gasteiger partial charge is 0.137 e. The predicted molar refractivity (Wildman–Crippen MR) is 139 cm³/mol. The van der Waals surface area contributed by atoms with Crippen molar-refractivity contribution in [2.45, 2.75) is 0 Å². The van der Waals surface area contributed by atoms with E-state index >= 15 is 0 Å². The van der Waals surface area contributed by atoms with E-state index in [0.29, 0.717) is 0 Å². The van der Waals surface area contributed by atoms with Crippen LogP contribution in [0.3, 0.4) is 0 Å². The first-order chi connectivity index (χ1) is 16.3. The van der Waals surface area contributed by atoms with Gasteiger partial charge in [0.05, 0.1) is 11.1 Å². The van der Waals surface area contributed by atoms with Crippen molar-refractivity contribution < 1.29 is 4.42 Å². The van der Waals surface area contributed by atoms with Crippen molar-refractivity contribution in [3.8, 4) is 11.1 Å². The molecular weight excluding hydrogens is 401 g/mol. The first kappa shape index (κ1) is 19.5. The van der Waals surface area contributed by atoms with E-state index in [9.17, 15) is 0 Å². The number of hydrogen-bond donors (Lipinski definition) is 0. The van der Waals surface area contributed by atoms with Gasteiger partial charge in [0.2, 0.25) is 0 Å². The number of anilines is 3. The van der Waals surface area contributed by atoms with Gasteiger partial charge in [-0.1, -0.05) is 84.3 Å². The normalized spacial score (nSPS) is 11.2. The molecule has 0 bridgehead atoms. The van der Waals surface area contributed by atoms with Crippen molar-refractivity contribution in [3.05, 3.63) is 121 Å². The third kappa shape index (κ3) is 3.48. The van der Waals surface area contributed by atoms with Gasteiger partial charge in [-0.3, -0.25) is 0 Å². The van der Waals surface area contributed by atoms with Crippen LogP contribution < -0.4 is 10.4 Å². The van der Waals surface area contributed by atoms with Crippen LogP contribution in [0.5, 0.6) is 0 Å². The summed E-state index contributed by atoms with van der Waals surface area (Å²) in [6, 6.07) is 41.4. The zero-order valence-corrected chi connectivity index (χ0v) is 18.0. The summed E-state index contributed by atoms with van der Waals surface area (Å²) in [7, 11) is 6.21. The number of fused-ring (bicyclic) bond motifs is 3. The lowest BCUT2D eigenvalue weighted by Crippen LogP contribution is -2.13. The number of furan rings is 1. The maximum Gasteiger partial charge on any atom is 0.137 e. The molecule has 6 rings (SSSR count). The fourth-order valence-electron chi connectivity index (χ4n) is 4.49. The van der Waals surface area contributed by atoms with Crippen LogP contribution in [0.4, 0.5) is 17.1 Å². The Balaban J connectivity index is 1.63. The molecular formula is C30H20BNO. The molecule has 0 amide bonds. The quantitative estimate of drug-likeness (QED) is 0.274. The summed E-state index contributed by atoms with van der Waals surface area (Å²) in [5.74, 6) is 0. The molecule has 33 heavy (non-hydrogen) atoms. The average Bonchev–Trinajstić information content (AvgIpc) is 3.25. The van der Waals surface area contributed by atoms with Gasteiger partial charge in [-0.05, 0) is 53.6 Å². The second-order valence-corrected chi connectivity index (χ2v) is 8.10. The summed E-state index contributed by atoms with van der Waals surface area (Å²) in [4.78, 5) is 2.26. The Bertz CT molecular complexity index is 1590. The molecule has 0 atom stereocenters. The Labute approximate surface area is 194 Å². The molecule has 0 fully saturated rings. The van der Waals surface area contributed by atoms with Gasteiger partial charge in [-0.2, -0.15) is 0 Å². The fraction of sp³-hybridized carbons (Fsp3) is 0. The minimum atomic E-state index is 0.723. The van der Waals surface area contributed by atoms with Crippen molar-refractivity contribution in [1.29, 1.82) is 0 Å². The van der Waals surface area contributed by atoms with Gasteiger partial charge in [0, 0.05) is 16.8 Å². The van der Waals surface area contributed by atoms with Gasteiger partial charge in [0.15, 0.2) is 0 Å². The van der Waals surface area contributed by atoms with E-state index in [1.165, 1.54) is 5.56 Å². The molecule has 2 nitrogen and oxygen atoms in total. The molecule has 0 spiro atoms. The standard InChI is InChI=1S/C30H20BNO/c31-23-12-7-14-25(20-23)32(24-13-6-11-22(19-24)21-9-2-1-3-10-21)27-16-8-18-29-30(27)26-15-4-5-17-28(26)33-29/h1-20H. The van der Waals surface area contributed by atoms with Crippen molar-refractivity contribution in [2.24, 2.45) is 0 Å². The maximum absolute atomic E-state index is 6.21. The molecule has 1 aromatic heterocycles. The average molecular weight is 421 g/mol. The Morgan fingerprint density at radius 3 is 2.06 bits per heavy atom. The van der Waals surface area contributed by atoms with Crippen LogP contribution in [-0.2, 0) is 0 Å². The highest BCUT2D eigenvalue weighted by molar-refractivity contribution is 6.32. The van der Waals surface area contributed by atoms with E-state index in [1.807, 2.05) is 48.5 Å². The minimum absolute atomic E-state index is 0.723. The van der Waals surface area contributed by atoms with E-state index in [2.05, 4.69) is 77.7 Å². The van der Waals surface area contributed by atoms with Crippen LogP contribution >= 0.6 is 0 Å². The second kappa shape index (κ2) is 8.03. The third-order valence-electron chi connectivity index (χ3n) is 5.96. The molecule has 0 unspecified atom stereocenters. The van der Waals surface area contributed by atoms with Gasteiger partial charge >= 0.3 is 0 Å². The van der Waals surface area contributed by atoms with E-state index in [4.69, 9.17) is 12.3 Å². The molecule has 3 heteroatoms. The minimum Gasteiger partial charge on any atom is -0.456 e. The van der Waals surface area contributed by atoms with E-state index in [0.717, 1.165) is 50.0 Å². The van der Waals surface area contributed by atoms with Gasteiger partial charge in [0.1, 0.15) is 19.0 Å². The van der Waals surface area contributed by atoms with Crippen molar-refractivity contribution in [1.82, 2.24) is 0 Å². The molecule has 6 aromatic rings. The second-order valence-electron chi connectivity index (χ2n) is 8.10. The van der Waals surface area contributed by atoms with Crippen LogP contribution in [0.2, 0.25) is 0 Å². The lowest BCUT2D eigenvalue weighted by Gasteiger charge is -2.27. The lowest BCUT2D eigenvalue weighted by molar-refractivity contribution is 0.669. The summed E-state index contributed by atoms with van der Waals surface area (Å²) in [5.41, 5.74) is 7.91. The highest BCUT2D eigenvalue weighted by atomic mass is 16.3. The Kier molecular flexibility index (Phi) is 4.73. The van der Waals surface area contributed by atoms with Crippen LogP contribution in [0.15, 0.2) is 126 Å². The molecule has 0 aliphatic heterocycles. The Hall–Kier alpha value is -4.24. The maximum atomic E-state index is 6.21. The first-order valence-electron chi connectivity index (χ1n) is 11.0.